The topological polar surface area (TPSA) is 16.4 Å². The first-order valence-corrected chi connectivity index (χ1v) is 15.0. The van der Waals surface area contributed by atoms with Crippen molar-refractivity contribution >= 4 is 71.3 Å². The number of rotatable bonds is 4. The standard InChI is InChI=1S/C42H27NO/c1-2-11-28(12-3-1)30-15-10-16-33(25-30)43(34-23-24-36-32(26-34)22-21-29-13-4-6-17-35(29)36)39-27-31-14-5-7-18-37(31)41-38-19-8-9-20-40(38)44-42(39)41/h1-27H. The number of fused-ring (bicyclic) bond motifs is 8. The van der Waals surface area contributed by atoms with Gasteiger partial charge in [0, 0.05) is 22.1 Å². The summed E-state index contributed by atoms with van der Waals surface area (Å²) in [5, 5.41) is 9.60. The molecule has 0 fully saturated rings. The molecule has 44 heavy (non-hydrogen) atoms. The number of para-hydroxylation sites is 1. The maximum absolute atomic E-state index is 6.73. The van der Waals surface area contributed by atoms with E-state index in [0.29, 0.717) is 0 Å². The molecule has 9 rings (SSSR count). The minimum Gasteiger partial charge on any atom is -0.454 e. The van der Waals surface area contributed by atoms with Crippen molar-refractivity contribution in [2.75, 3.05) is 4.90 Å². The second-order valence-electron chi connectivity index (χ2n) is 11.4. The molecule has 0 amide bonds. The van der Waals surface area contributed by atoms with Crippen molar-refractivity contribution in [3.8, 4) is 11.1 Å². The molecule has 0 aliphatic rings. The Morgan fingerprint density at radius 2 is 1.02 bits per heavy atom. The number of benzene rings is 8. The highest BCUT2D eigenvalue weighted by Crippen LogP contribution is 2.46. The van der Waals surface area contributed by atoms with Gasteiger partial charge in [0.25, 0.3) is 0 Å². The summed E-state index contributed by atoms with van der Waals surface area (Å²) in [6, 6.07) is 58.5. The first-order valence-electron chi connectivity index (χ1n) is 15.0. The molecular formula is C42H27NO. The van der Waals surface area contributed by atoms with Gasteiger partial charge in [0.2, 0.25) is 0 Å². The van der Waals surface area contributed by atoms with Crippen LogP contribution in [0.25, 0.3) is 65.4 Å². The summed E-state index contributed by atoms with van der Waals surface area (Å²) < 4.78 is 6.73. The Bertz CT molecular complexity index is 2510. The van der Waals surface area contributed by atoms with Crippen LogP contribution in [0.1, 0.15) is 0 Å². The Balaban J connectivity index is 1.36. The summed E-state index contributed by atoms with van der Waals surface area (Å²) in [6.07, 6.45) is 0. The molecule has 2 nitrogen and oxygen atoms in total. The molecule has 0 aliphatic heterocycles. The second-order valence-corrected chi connectivity index (χ2v) is 11.4. The van der Waals surface area contributed by atoms with Crippen LogP contribution in [0.5, 0.6) is 0 Å². The average Bonchev–Trinajstić information content (AvgIpc) is 3.49. The molecule has 0 radical (unpaired) electrons. The van der Waals surface area contributed by atoms with E-state index in [4.69, 9.17) is 4.42 Å². The lowest BCUT2D eigenvalue weighted by Crippen LogP contribution is -2.10. The molecule has 0 aliphatic carbocycles. The van der Waals surface area contributed by atoms with Gasteiger partial charge in [-0.05, 0) is 79.8 Å². The lowest BCUT2D eigenvalue weighted by atomic mass is 9.99. The zero-order valence-corrected chi connectivity index (χ0v) is 23.9. The summed E-state index contributed by atoms with van der Waals surface area (Å²) in [4.78, 5) is 2.36. The van der Waals surface area contributed by atoms with Crippen LogP contribution >= 0.6 is 0 Å². The molecule has 0 spiro atoms. The molecule has 8 aromatic carbocycles. The van der Waals surface area contributed by atoms with Crippen LogP contribution in [0.3, 0.4) is 0 Å². The zero-order chi connectivity index (χ0) is 29.0. The van der Waals surface area contributed by atoms with Gasteiger partial charge in [0.05, 0.1) is 5.69 Å². The summed E-state index contributed by atoms with van der Waals surface area (Å²) in [6.45, 7) is 0. The number of anilines is 3. The van der Waals surface area contributed by atoms with Crippen LogP contribution in [0.4, 0.5) is 17.1 Å². The summed E-state index contributed by atoms with van der Waals surface area (Å²) in [5.74, 6) is 0. The van der Waals surface area contributed by atoms with E-state index >= 15 is 0 Å². The molecule has 0 N–H and O–H groups in total. The monoisotopic (exact) mass is 561 g/mol. The lowest BCUT2D eigenvalue weighted by Gasteiger charge is -2.27. The Morgan fingerprint density at radius 1 is 0.386 bits per heavy atom. The molecule has 0 unspecified atom stereocenters. The van der Waals surface area contributed by atoms with E-state index in [9.17, 15) is 0 Å². The van der Waals surface area contributed by atoms with Crippen molar-refractivity contribution in [3.05, 3.63) is 164 Å². The molecule has 2 heteroatoms. The SMILES string of the molecule is c1ccc(-c2cccc(N(c3ccc4c(ccc5ccccc54)c3)c3cc4ccccc4c4c3oc3ccccc34)c2)cc1. The summed E-state index contributed by atoms with van der Waals surface area (Å²) in [5.41, 5.74) is 7.30. The van der Waals surface area contributed by atoms with Crippen LogP contribution in [-0.2, 0) is 0 Å². The van der Waals surface area contributed by atoms with E-state index < -0.39 is 0 Å². The van der Waals surface area contributed by atoms with Crippen molar-refractivity contribution in [2.45, 2.75) is 0 Å². The largest absolute Gasteiger partial charge is 0.454 e. The van der Waals surface area contributed by atoms with Gasteiger partial charge in [-0.2, -0.15) is 0 Å². The van der Waals surface area contributed by atoms with Gasteiger partial charge in [0.15, 0.2) is 5.58 Å². The Labute approximate surface area is 255 Å². The van der Waals surface area contributed by atoms with Crippen LogP contribution in [0.15, 0.2) is 168 Å². The molecule has 9 aromatic rings. The predicted molar refractivity (Wildman–Crippen MR) is 186 cm³/mol. The fourth-order valence-electron chi connectivity index (χ4n) is 6.74. The van der Waals surface area contributed by atoms with Crippen LogP contribution < -0.4 is 4.90 Å². The third-order valence-electron chi connectivity index (χ3n) is 8.79. The third-order valence-corrected chi connectivity index (χ3v) is 8.79. The van der Waals surface area contributed by atoms with Crippen molar-refractivity contribution in [3.63, 3.8) is 0 Å². The molecule has 0 bridgehead atoms. The van der Waals surface area contributed by atoms with E-state index in [1.54, 1.807) is 0 Å². The normalized spacial score (nSPS) is 11.6. The minimum atomic E-state index is 0.883. The van der Waals surface area contributed by atoms with Crippen molar-refractivity contribution in [1.82, 2.24) is 0 Å². The van der Waals surface area contributed by atoms with Gasteiger partial charge in [-0.1, -0.05) is 127 Å². The zero-order valence-electron chi connectivity index (χ0n) is 23.9. The summed E-state index contributed by atoms with van der Waals surface area (Å²) >= 11 is 0. The quantitative estimate of drug-likeness (QED) is 0.199. The van der Waals surface area contributed by atoms with E-state index in [2.05, 4.69) is 163 Å². The fraction of sp³-hybridized carbons (Fsp3) is 0. The highest BCUT2D eigenvalue weighted by atomic mass is 16.3. The third kappa shape index (κ3) is 3.89. The molecule has 0 atom stereocenters. The Hall–Kier alpha value is -5.86. The van der Waals surface area contributed by atoms with Gasteiger partial charge < -0.3 is 9.32 Å². The number of hydrogen-bond acceptors (Lipinski definition) is 2. The van der Waals surface area contributed by atoms with Gasteiger partial charge in [0.1, 0.15) is 5.58 Å². The average molecular weight is 562 g/mol. The van der Waals surface area contributed by atoms with Crippen molar-refractivity contribution in [2.24, 2.45) is 0 Å². The summed E-state index contributed by atoms with van der Waals surface area (Å²) in [7, 11) is 0. The maximum Gasteiger partial charge on any atom is 0.160 e. The van der Waals surface area contributed by atoms with Gasteiger partial charge in [-0.25, -0.2) is 0 Å². The van der Waals surface area contributed by atoms with Crippen LogP contribution in [-0.4, -0.2) is 0 Å². The molecular weight excluding hydrogens is 534 g/mol. The van der Waals surface area contributed by atoms with E-state index in [1.807, 2.05) is 6.07 Å². The first-order chi connectivity index (χ1) is 21.8. The fourth-order valence-corrected chi connectivity index (χ4v) is 6.74. The smallest absolute Gasteiger partial charge is 0.160 e. The molecule has 1 aromatic heterocycles. The maximum atomic E-state index is 6.73. The predicted octanol–water partition coefficient (Wildman–Crippen LogP) is 12.2. The Kier molecular flexibility index (Phi) is 5.54. The van der Waals surface area contributed by atoms with Gasteiger partial charge in [-0.3, -0.25) is 0 Å². The number of furan rings is 1. The molecule has 0 saturated carbocycles. The highest BCUT2D eigenvalue weighted by molar-refractivity contribution is 6.23. The van der Waals surface area contributed by atoms with E-state index in [-0.39, 0.29) is 0 Å². The highest BCUT2D eigenvalue weighted by Gasteiger charge is 2.22. The van der Waals surface area contributed by atoms with Crippen molar-refractivity contribution < 1.29 is 4.42 Å². The first kappa shape index (κ1) is 24.7. The van der Waals surface area contributed by atoms with E-state index in [0.717, 1.165) is 39.0 Å². The second kappa shape index (κ2) is 9.86. The van der Waals surface area contributed by atoms with Gasteiger partial charge >= 0.3 is 0 Å². The minimum absolute atomic E-state index is 0.883. The van der Waals surface area contributed by atoms with Crippen LogP contribution in [0.2, 0.25) is 0 Å². The van der Waals surface area contributed by atoms with E-state index in [1.165, 1.54) is 43.4 Å². The van der Waals surface area contributed by atoms with Crippen LogP contribution in [0, 0.1) is 0 Å². The van der Waals surface area contributed by atoms with Crippen molar-refractivity contribution in [1.29, 1.82) is 0 Å². The number of nitrogens with zero attached hydrogens (tertiary/aromatic N) is 1. The Morgan fingerprint density at radius 3 is 1.91 bits per heavy atom. The molecule has 1 heterocycles. The molecule has 0 saturated heterocycles. The molecule has 206 valence electrons. The van der Waals surface area contributed by atoms with Gasteiger partial charge in [-0.15, -0.1) is 0 Å². The lowest BCUT2D eigenvalue weighted by molar-refractivity contribution is 0.669. The number of hydrogen-bond donors (Lipinski definition) is 0.